The molecule has 0 atom stereocenters. The van der Waals surface area contributed by atoms with Crippen LogP contribution in [-0.4, -0.2) is 33.8 Å². The molecule has 0 saturated carbocycles. The second-order valence-electron chi connectivity index (χ2n) is 6.75. The van der Waals surface area contributed by atoms with Crippen molar-refractivity contribution >= 4 is 11.6 Å². The lowest BCUT2D eigenvalue weighted by molar-refractivity contribution is -0.119. The van der Waals surface area contributed by atoms with Crippen LogP contribution >= 0.6 is 0 Å². The number of methoxy groups -OCH3 is 3. The second kappa shape index (κ2) is 10.3. The summed E-state index contributed by atoms with van der Waals surface area (Å²) in [6.07, 6.45) is 0. The van der Waals surface area contributed by atoms with E-state index in [2.05, 4.69) is 10.6 Å². The van der Waals surface area contributed by atoms with Crippen LogP contribution in [0, 0.1) is 5.82 Å². The molecular weight excluding hydrogens is 399 g/mol. The molecule has 0 aliphatic heterocycles. The Labute approximate surface area is 181 Å². The van der Waals surface area contributed by atoms with Gasteiger partial charge in [0.05, 0.1) is 39.6 Å². The summed E-state index contributed by atoms with van der Waals surface area (Å²) in [6.45, 7) is -0.00913. The first-order valence-corrected chi connectivity index (χ1v) is 9.68. The molecule has 3 aromatic carbocycles. The fourth-order valence-corrected chi connectivity index (χ4v) is 3.15. The minimum atomic E-state index is -0.411. The normalized spacial score (nSPS) is 10.5. The van der Waals surface area contributed by atoms with E-state index in [-0.39, 0.29) is 18.5 Å². The summed E-state index contributed by atoms with van der Waals surface area (Å²) < 4.78 is 29.0. The molecule has 2 N–H and O–H groups in total. The van der Waals surface area contributed by atoms with E-state index in [9.17, 15) is 9.18 Å². The molecule has 0 aliphatic carbocycles. The Morgan fingerprint density at radius 2 is 1.39 bits per heavy atom. The number of amides is 1. The zero-order chi connectivity index (χ0) is 22.2. The first kappa shape index (κ1) is 22.0. The van der Waals surface area contributed by atoms with Gasteiger partial charge in [0, 0.05) is 6.07 Å². The predicted octanol–water partition coefficient (Wildman–Crippen LogP) is 4.17. The van der Waals surface area contributed by atoms with Crippen molar-refractivity contribution in [3.63, 3.8) is 0 Å². The summed E-state index contributed by atoms with van der Waals surface area (Å²) in [5.74, 6) is 1.14. The lowest BCUT2D eigenvalue weighted by Crippen LogP contribution is -2.34. The summed E-state index contributed by atoms with van der Waals surface area (Å²) in [4.78, 5) is 12.7. The van der Waals surface area contributed by atoms with Crippen molar-refractivity contribution in [2.24, 2.45) is 0 Å². The van der Waals surface area contributed by atoms with Crippen LogP contribution in [0.2, 0.25) is 0 Å². The molecule has 31 heavy (non-hydrogen) atoms. The Morgan fingerprint density at radius 1 is 0.839 bits per heavy atom. The number of benzene rings is 3. The van der Waals surface area contributed by atoms with Crippen LogP contribution in [0.5, 0.6) is 17.2 Å². The SMILES string of the molecule is COc1ccc(C(NC(=O)CNc2ccc(F)cc2OC)c2ccc(OC)cc2)cc1. The van der Waals surface area contributed by atoms with Crippen LogP contribution in [0.3, 0.4) is 0 Å². The number of hydrogen-bond acceptors (Lipinski definition) is 5. The van der Waals surface area contributed by atoms with E-state index in [4.69, 9.17) is 14.2 Å². The fraction of sp³-hybridized carbons (Fsp3) is 0.208. The van der Waals surface area contributed by atoms with Crippen molar-refractivity contribution in [1.82, 2.24) is 5.32 Å². The van der Waals surface area contributed by atoms with Crippen molar-refractivity contribution < 1.29 is 23.4 Å². The van der Waals surface area contributed by atoms with E-state index >= 15 is 0 Å². The maximum absolute atomic E-state index is 13.4. The smallest absolute Gasteiger partial charge is 0.240 e. The average molecular weight is 424 g/mol. The van der Waals surface area contributed by atoms with Gasteiger partial charge in [-0.15, -0.1) is 0 Å². The Morgan fingerprint density at radius 3 is 1.87 bits per heavy atom. The van der Waals surface area contributed by atoms with E-state index in [0.717, 1.165) is 22.6 Å². The highest BCUT2D eigenvalue weighted by atomic mass is 19.1. The van der Waals surface area contributed by atoms with Gasteiger partial charge in [-0.05, 0) is 47.5 Å². The number of nitrogens with one attached hydrogen (secondary N) is 2. The predicted molar refractivity (Wildman–Crippen MR) is 117 cm³/mol. The zero-order valence-electron chi connectivity index (χ0n) is 17.6. The minimum absolute atomic E-state index is 0.00913. The largest absolute Gasteiger partial charge is 0.497 e. The van der Waals surface area contributed by atoms with Crippen LogP contribution in [0.4, 0.5) is 10.1 Å². The third kappa shape index (κ3) is 5.66. The molecule has 162 valence electrons. The van der Waals surface area contributed by atoms with Gasteiger partial charge in [-0.3, -0.25) is 4.79 Å². The number of ether oxygens (including phenoxy) is 3. The molecule has 3 aromatic rings. The van der Waals surface area contributed by atoms with Crippen molar-refractivity contribution in [1.29, 1.82) is 0 Å². The summed E-state index contributed by atoms with van der Waals surface area (Å²) >= 11 is 0. The van der Waals surface area contributed by atoms with Gasteiger partial charge < -0.3 is 24.8 Å². The molecule has 0 bridgehead atoms. The molecule has 0 unspecified atom stereocenters. The molecule has 0 spiro atoms. The highest BCUT2D eigenvalue weighted by Crippen LogP contribution is 2.27. The van der Waals surface area contributed by atoms with Crippen LogP contribution in [0.15, 0.2) is 66.7 Å². The van der Waals surface area contributed by atoms with E-state index in [1.54, 1.807) is 14.2 Å². The Bertz CT molecular complexity index is 960. The maximum Gasteiger partial charge on any atom is 0.240 e. The highest BCUT2D eigenvalue weighted by molar-refractivity contribution is 5.82. The van der Waals surface area contributed by atoms with Crippen molar-refractivity contribution in [2.75, 3.05) is 33.2 Å². The van der Waals surface area contributed by atoms with Gasteiger partial charge >= 0.3 is 0 Å². The molecule has 0 aromatic heterocycles. The molecule has 0 saturated heterocycles. The quantitative estimate of drug-likeness (QED) is 0.540. The van der Waals surface area contributed by atoms with Crippen molar-refractivity contribution in [3.05, 3.63) is 83.7 Å². The minimum Gasteiger partial charge on any atom is -0.497 e. The number of carbonyl (C=O) groups is 1. The van der Waals surface area contributed by atoms with Gasteiger partial charge in [0.2, 0.25) is 5.91 Å². The summed E-state index contributed by atoms with van der Waals surface area (Å²) in [7, 11) is 4.66. The lowest BCUT2D eigenvalue weighted by Gasteiger charge is -2.21. The fourth-order valence-electron chi connectivity index (χ4n) is 3.15. The van der Waals surface area contributed by atoms with Gasteiger partial charge in [0.1, 0.15) is 23.1 Å². The van der Waals surface area contributed by atoms with Crippen molar-refractivity contribution in [2.45, 2.75) is 6.04 Å². The van der Waals surface area contributed by atoms with E-state index < -0.39 is 5.82 Å². The van der Waals surface area contributed by atoms with E-state index in [1.165, 1.54) is 25.3 Å². The lowest BCUT2D eigenvalue weighted by atomic mass is 9.98. The summed E-state index contributed by atoms with van der Waals surface area (Å²) in [6, 6.07) is 18.7. The molecule has 3 rings (SSSR count). The number of rotatable bonds is 9. The molecule has 1 amide bonds. The van der Waals surface area contributed by atoms with Crippen LogP contribution < -0.4 is 24.8 Å². The molecular formula is C24H25FN2O4. The Hall–Kier alpha value is -3.74. The van der Waals surface area contributed by atoms with Gasteiger partial charge in [-0.1, -0.05) is 24.3 Å². The second-order valence-corrected chi connectivity index (χ2v) is 6.75. The van der Waals surface area contributed by atoms with Crippen molar-refractivity contribution in [3.8, 4) is 17.2 Å². The van der Waals surface area contributed by atoms with Gasteiger partial charge in [-0.25, -0.2) is 4.39 Å². The Balaban J connectivity index is 1.77. The maximum atomic E-state index is 13.4. The number of anilines is 1. The van der Waals surface area contributed by atoms with E-state index in [1.807, 2.05) is 48.5 Å². The summed E-state index contributed by atoms with van der Waals surface area (Å²) in [5.41, 5.74) is 2.34. The third-order valence-electron chi connectivity index (χ3n) is 4.81. The van der Waals surface area contributed by atoms with Crippen LogP contribution in [0.25, 0.3) is 0 Å². The molecule has 7 heteroatoms. The number of hydrogen-bond donors (Lipinski definition) is 2. The monoisotopic (exact) mass is 424 g/mol. The zero-order valence-corrected chi connectivity index (χ0v) is 17.6. The topological polar surface area (TPSA) is 68.8 Å². The Kier molecular flexibility index (Phi) is 7.32. The molecule has 0 fully saturated rings. The molecule has 0 radical (unpaired) electrons. The third-order valence-corrected chi connectivity index (χ3v) is 4.81. The number of carbonyl (C=O) groups excluding carboxylic acids is 1. The summed E-state index contributed by atoms with van der Waals surface area (Å²) in [5, 5.41) is 6.04. The van der Waals surface area contributed by atoms with Gasteiger partial charge in [-0.2, -0.15) is 0 Å². The standard InChI is InChI=1S/C24H25FN2O4/c1-29-19-9-4-16(5-10-19)24(17-6-11-20(30-2)12-7-17)27-23(28)15-26-21-13-8-18(25)14-22(21)31-3/h4-14,24,26H,15H2,1-3H3,(H,27,28). The number of halogens is 1. The first-order chi connectivity index (χ1) is 15.0. The molecule has 6 nitrogen and oxygen atoms in total. The van der Waals surface area contributed by atoms with Gasteiger partial charge in [0.15, 0.2) is 0 Å². The molecule has 0 aliphatic rings. The van der Waals surface area contributed by atoms with Crippen LogP contribution in [0.1, 0.15) is 17.2 Å². The highest BCUT2D eigenvalue weighted by Gasteiger charge is 2.18. The molecule has 0 heterocycles. The van der Waals surface area contributed by atoms with Crippen LogP contribution in [-0.2, 0) is 4.79 Å². The van der Waals surface area contributed by atoms with Gasteiger partial charge in [0.25, 0.3) is 0 Å². The average Bonchev–Trinajstić information content (AvgIpc) is 2.82. The first-order valence-electron chi connectivity index (χ1n) is 9.68. The van der Waals surface area contributed by atoms with E-state index in [0.29, 0.717) is 11.4 Å².